The first-order valence-electron chi connectivity index (χ1n) is 8.36. The Hall–Kier alpha value is -3.23. The summed E-state index contributed by atoms with van der Waals surface area (Å²) in [5.74, 6) is 0.344. The lowest BCUT2D eigenvalue weighted by Crippen LogP contribution is -2.12. The van der Waals surface area contributed by atoms with Gasteiger partial charge in [0.25, 0.3) is 5.91 Å². The largest absolute Gasteiger partial charge is 0.491 e. The highest BCUT2D eigenvalue weighted by molar-refractivity contribution is 6.05. The van der Waals surface area contributed by atoms with Crippen LogP contribution < -0.4 is 10.1 Å². The SMILES string of the molecule is O=Cc1cc2cc(NC(=O)c3ccc(OCCOCCO)cc3)cnc2[nH]1. The minimum absolute atomic E-state index is 0.0192. The molecule has 27 heavy (non-hydrogen) atoms. The number of rotatable bonds is 9. The Bertz CT molecular complexity index is 921. The van der Waals surface area contributed by atoms with E-state index in [1.54, 1.807) is 36.4 Å². The summed E-state index contributed by atoms with van der Waals surface area (Å²) in [4.78, 5) is 30.2. The molecule has 8 heteroatoms. The number of aromatic amines is 1. The van der Waals surface area contributed by atoms with E-state index in [0.29, 0.717) is 47.8 Å². The van der Waals surface area contributed by atoms with Crippen LogP contribution in [-0.4, -0.2) is 53.7 Å². The molecule has 2 heterocycles. The average Bonchev–Trinajstić information content (AvgIpc) is 3.11. The first-order chi connectivity index (χ1) is 13.2. The second-order valence-electron chi connectivity index (χ2n) is 5.67. The molecule has 140 valence electrons. The van der Waals surface area contributed by atoms with Crippen LogP contribution in [0.4, 0.5) is 5.69 Å². The van der Waals surface area contributed by atoms with Gasteiger partial charge in [0.1, 0.15) is 18.0 Å². The minimum atomic E-state index is -0.278. The minimum Gasteiger partial charge on any atom is -0.491 e. The number of benzene rings is 1. The molecule has 0 aliphatic rings. The van der Waals surface area contributed by atoms with E-state index in [1.165, 1.54) is 6.20 Å². The maximum atomic E-state index is 12.4. The Morgan fingerprint density at radius 2 is 2.00 bits per heavy atom. The molecular formula is C19H19N3O5. The van der Waals surface area contributed by atoms with Crippen molar-refractivity contribution in [1.82, 2.24) is 9.97 Å². The van der Waals surface area contributed by atoms with E-state index in [2.05, 4.69) is 15.3 Å². The molecule has 0 saturated heterocycles. The van der Waals surface area contributed by atoms with Gasteiger partial charge < -0.3 is 24.9 Å². The third kappa shape index (κ3) is 4.90. The summed E-state index contributed by atoms with van der Waals surface area (Å²) >= 11 is 0. The molecule has 0 spiro atoms. The second-order valence-corrected chi connectivity index (χ2v) is 5.67. The van der Waals surface area contributed by atoms with Gasteiger partial charge in [0.15, 0.2) is 6.29 Å². The predicted octanol–water partition coefficient (Wildman–Crippen LogP) is 2.02. The molecule has 0 atom stereocenters. The Kier molecular flexibility index (Phi) is 6.14. The molecule has 0 aliphatic heterocycles. The van der Waals surface area contributed by atoms with E-state index in [-0.39, 0.29) is 19.1 Å². The van der Waals surface area contributed by atoms with Gasteiger partial charge in [-0.15, -0.1) is 0 Å². The average molecular weight is 369 g/mol. The standard InChI is InChI=1S/C19H19N3O5/c23-5-6-26-7-8-27-17-3-1-13(2-4-17)19(25)22-15-9-14-10-16(12-24)21-18(14)20-11-15/h1-4,9-12,23H,5-8H2,(H,20,21)(H,22,25). The maximum absolute atomic E-state index is 12.4. The zero-order valence-electron chi connectivity index (χ0n) is 14.5. The number of H-pyrrole nitrogens is 1. The van der Waals surface area contributed by atoms with Crippen molar-refractivity contribution in [2.45, 2.75) is 0 Å². The van der Waals surface area contributed by atoms with Crippen molar-refractivity contribution < 1.29 is 24.2 Å². The lowest BCUT2D eigenvalue weighted by atomic mass is 10.2. The molecule has 0 unspecified atom stereocenters. The van der Waals surface area contributed by atoms with Crippen molar-refractivity contribution in [3.63, 3.8) is 0 Å². The molecule has 3 N–H and O–H groups in total. The van der Waals surface area contributed by atoms with Gasteiger partial charge in [0.2, 0.25) is 0 Å². The first kappa shape index (κ1) is 18.6. The van der Waals surface area contributed by atoms with E-state index in [0.717, 1.165) is 5.39 Å². The van der Waals surface area contributed by atoms with Crippen LogP contribution in [0.1, 0.15) is 20.8 Å². The molecule has 1 amide bonds. The van der Waals surface area contributed by atoms with Crippen molar-refractivity contribution >= 4 is 28.9 Å². The molecule has 0 bridgehead atoms. The Morgan fingerprint density at radius 3 is 2.74 bits per heavy atom. The number of ether oxygens (including phenoxy) is 2. The zero-order valence-corrected chi connectivity index (χ0v) is 14.5. The third-order valence-corrected chi connectivity index (χ3v) is 3.72. The number of carbonyl (C=O) groups is 2. The number of aliphatic hydroxyl groups is 1. The Morgan fingerprint density at radius 1 is 1.19 bits per heavy atom. The predicted molar refractivity (Wildman–Crippen MR) is 99.3 cm³/mol. The number of nitrogens with one attached hydrogen (secondary N) is 2. The normalized spacial score (nSPS) is 10.7. The highest BCUT2D eigenvalue weighted by Gasteiger charge is 2.08. The van der Waals surface area contributed by atoms with Crippen LogP contribution in [0.25, 0.3) is 11.0 Å². The number of amides is 1. The van der Waals surface area contributed by atoms with Crippen LogP contribution >= 0.6 is 0 Å². The third-order valence-electron chi connectivity index (χ3n) is 3.72. The molecule has 1 aromatic carbocycles. The molecule has 0 fully saturated rings. The Labute approximate surface area is 155 Å². The lowest BCUT2D eigenvalue weighted by molar-refractivity contribution is 0.0705. The van der Waals surface area contributed by atoms with Crippen LogP contribution in [0.5, 0.6) is 5.75 Å². The summed E-state index contributed by atoms with van der Waals surface area (Å²) < 4.78 is 10.6. The van der Waals surface area contributed by atoms with Gasteiger partial charge in [-0.2, -0.15) is 0 Å². The van der Waals surface area contributed by atoms with Crippen LogP contribution in [0.3, 0.4) is 0 Å². The number of hydrogen-bond acceptors (Lipinski definition) is 6. The monoisotopic (exact) mass is 369 g/mol. The fraction of sp³-hybridized carbons (Fsp3) is 0.211. The van der Waals surface area contributed by atoms with Gasteiger partial charge in [-0.25, -0.2) is 4.98 Å². The van der Waals surface area contributed by atoms with E-state index in [1.807, 2.05) is 0 Å². The molecule has 2 aromatic heterocycles. The number of fused-ring (bicyclic) bond motifs is 1. The summed E-state index contributed by atoms with van der Waals surface area (Å²) in [7, 11) is 0. The molecule has 3 rings (SSSR count). The van der Waals surface area contributed by atoms with Gasteiger partial charge in [-0.05, 0) is 36.4 Å². The van der Waals surface area contributed by atoms with Crippen molar-refractivity contribution in [3.8, 4) is 5.75 Å². The first-order valence-corrected chi connectivity index (χ1v) is 8.36. The maximum Gasteiger partial charge on any atom is 0.255 e. The summed E-state index contributed by atoms with van der Waals surface area (Å²) in [5.41, 5.74) is 2.02. The molecule has 8 nitrogen and oxygen atoms in total. The van der Waals surface area contributed by atoms with Gasteiger partial charge in [0, 0.05) is 10.9 Å². The number of anilines is 1. The van der Waals surface area contributed by atoms with Crippen molar-refractivity contribution in [1.29, 1.82) is 0 Å². The molecule has 0 radical (unpaired) electrons. The van der Waals surface area contributed by atoms with Crippen molar-refractivity contribution in [3.05, 3.63) is 53.9 Å². The van der Waals surface area contributed by atoms with E-state index < -0.39 is 0 Å². The molecule has 0 saturated carbocycles. The van der Waals surface area contributed by atoms with E-state index in [4.69, 9.17) is 14.6 Å². The smallest absolute Gasteiger partial charge is 0.255 e. The second kappa shape index (κ2) is 8.93. The van der Waals surface area contributed by atoms with Crippen LogP contribution in [0.15, 0.2) is 42.6 Å². The Balaban J connectivity index is 1.58. The van der Waals surface area contributed by atoms with Gasteiger partial charge in [-0.3, -0.25) is 9.59 Å². The van der Waals surface area contributed by atoms with E-state index >= 15 is 0 Å². The quantitative estimate of drug-likeness (QED) is 0.393. The van der Waals surface area contributed by atoms with Crippen LogP contribution in [-0.2, 0) is 4.74 Å². The number of carbonyl (C=O) groups excluding carboxylic acids is 2. The number of aldehydes is 1. The van der Waals surface area contributed by atoms with Crippen molar-refractivity contribution in [2.75, 3.05) is 31.7 Å². The number of nitrogens with zero attached hydrogens (tertiary/aromatic N) is 1. The number of hydrogen-bond donors (Lipinski definition) is 3. The summed E-state index contributed by atoms with van der Waals surface area (Å²) in [6, 6.07) is 10.1. The number of aliphatic hydroxyl groups excluding tert-OH is 1. The van der Waals surface area contributed by atoms with Gasteiger partial charge in [-0.1, -0.05) is 0 Å². The van der Waals surface area contributed by atoms with Crippen LogP contribution in [0, 0.1) is 0 Å². The van der Waals surface area contributed by atoms with Gasteiger partial charge in [0.05, 0.1) is 37.4 Å². The number of aromatic nitrogens is 2. The fourth-order valence-corrected chi connectivity index (χ4v) is 2.46. The zero-order chi connectivity index (χ0) is 19.1. The summed E-state index contributed by atoms with van der Waals surface area (Å²) in [6.45, 7) is 0.997. The highest BCUT2D eigenvalue weighted by Crippen LogP contribution is 2.18. The summed E-state index contributed by atoms with van der Waals surface area (Å²) in [5, 5.41) is 12.1. The van der Waals surface area contributed by atoms with Crippen LogP contribution in [0.2, 0.25) is 0 Å². The van der Waals surface area contributed by atoms with Crippen molar-refractivity contribution in [2.24, 2.45) is 0 Å². The van der Waals surface area contributed by atoms with Gasteiger partial charge >= 0.3 is 0 Å². The summed E-state index contributed by atoms with van der Waals surface area (Å²) in [6.07, 6.45) is 2.23. The molecule has 0 aliphatic carbocycles. The molecular weight excluding hydrogens is 350 g/mol. The van der Waals surface area contributed by atoms with E-state index in [9.17, 15) is 9.59 Å². The topological polar surface area (TPSA) is 114 Å². The highest BCUT2D eigenvalue weighted by atomic mass is 16.5. The lowest BCUT2D eigenvalue weighted by Gasteiger charge is -2.08. The number of pyridine rings is 1. The molecule has 3 aromatic rings. The fourth-order valence-electron chi connectivity index (χ4n) is 2.46.